The zero-order valence-electron chi connectivity index (χ0n) is 15.1. The molecule has 0 nitrogen and oxygen atoms in total. The summed E-state index contributed by atoms with van der Waals surface area (Å²) in [5.74, 6) is 5.98. The summed E-state index contributed by atoms with van der Waals surface area (Å²) in [6.07, 6.45) is 23.1. The Morgan fingerprint density at radius 1 is 0.500 bits per heavy atom. The van der Waals surface area contributed by atoms with Crippen molar-refractivity contribution in [1.82, 2.24) is 0 Å². The lowest BCUT2D eigenvalue weighted by Gasteiger charge is -2.36. The van der Waals surface area contributed by atoms with E-state index in [4.69, 9.17) is 0 Å². The fourth-order valence-electron chi connectivity index (χ4n) is 5.36. The van der Waals surface area contributed by atoms with Crippen LogP contribution in [0.4, 0.5) is 0 Å². The SMILES string of the molecule is CC1CCC(C=CC2CCC(C3CCC(C)CC3)CC2)CC1.[HH].[HH].[HH]. The van der Waals surface area contributed by atoms with Gasteiger partial charge in [-0.1, -0.05) is 51.7 Å². The van der Waals surface area contributed by atoms with Crippen molar-refractivity contribution < 1.29 is 4.28 Å². The van der Waals surface area contributed by atoms with E-state index < -0.39 is 0 Å². The molecule has 0 aromatic rings. The standard InChI is InChI=1S/C22H38.3H2/c1-17-3-7-19(8-4-17)9-10-20-11-15-22(16-12-20)21-13-5-18(2)6-14-21;;;/h9-10,17-22H,3-8,11-16H2,1-2H3;3*1H. The molecular formula is C22H44. The molecule has 0 amide bonds. The second-order valence-corrected chi connectivity index (χ2v) is 9.10. The van der Waals surface area contributed by atoms with Crippen molar-refractivity contribution in [2.24, 2.45) is 35.5 Å². The van der Waals surface area contributed by atoms with E-state index in [1.807, 2.05) is 0 Å². The number of allylic oxidation sites excluding steroid dienone is 2. The molecule has 0 spiro atoms. The van der Waals surface area contributed by atoms with E-state index in [-0.39, 0.29) is 4.28 Å². The Morgan fingerprint density at radius 3 is 1.27 bits per heavy atom. The molecule has 0 saturated heterocycles. The van der Waals surface area contributed by atoms with Gasteiger partial charge in [-0.2, -0.15) is 0 Å². The highest BCUT2D eigenvalue weighted by molar-refractivity contribution is 4.96. The molecule has 3 aliphatic carbocycles. The first-order valence-electron chi connectivity index (χ1n) is 10.4. The lowest BCUT2D eigenvalue weighted by atomic mass is 9.69. The van der Waals surface area contributed by atoms with Gasteiger partial charge < -0.3 is 0 Å². The summed E-state index contributed by atoms with van der Waals surface area (Å²) in [7, 11) is 0. The predicted molar refractivity (Wildman–Crippen MR) is 103 cm³/mol. The zero-order valence-corrected chi connectivity index (χ0v) is 15.1. The van der Waals surface area contributed by atoms with Crippen molar-refractivity contribution in [1.29, 1.82) is 0 Å². The molecule has 0 unspecified atom stereocenters. The molecule has 0 heterocycles. The van der Waals surface area contributed by atoms with E-state index in [9.17, 15) is 0 Å². The Bertz CT molecular complexity index is 344. The highest BCUT2D eigenvalue weighted by Gasteiger charge is 2.29. The summed E-state index contributed by atoms with van der Waals surface area (Å²) >= 11 is 0. The molecule has 3 fully saturated rings. The lowest BCUT2D eigenvalue weighted by molar-refractivity contribution is 0.160. The Balaban J connectivity index is 0.00000192. The van der Waals surface area contributed by atoms with Gasteiger partial charge in [0, 0.05) is 4.28 Å². The van der Waals surface area contributed by atoms with Crippen molar-refractivity contribution in [3.63, 3.8) is 0 Å². The molecule has 22 heavy (non-hydrogen) atoms. The van der Waals surface area contributed by atoms with E-state index in [1.165, 1.54) is 77.0 Å². The summed E-state index contributed by atoms with van der Waals surface area (Å²) in [5, 5.41) is 0. The minimum absolute atomic E-state index is 0. The van der Waals surface area contributed by atoms with Crippen LogP contribution in [0.2, 0.25) is 0 Å². The molecule has 3 saturated carbocycles. The molecule has 3 aliphatic rings. The third-order valence-corrected chi connectivity index (χ3v) is 7.26. The van der Waals surface area contributed by atoms with Crippen LogP contribution in [-0.4, -0.2) is 0 Å². The molecule has 0 N–H and O–H groups in total. The summed E-state index contributed by atoms with van der Waals surface area (Å²) in [4.78, 5) is 0. The first kappa shape index (κ1) is 16.6. The van der Waals surface area contributed by atoms with Crippen LogP contribution >= 0.6 is 0 Å². The van der Waals surface area contributed by atoms with E-state index in [0.29, 0.717) is 0 Å². The smallest absolute Gasteiger partial charge is 0 e. The number of rotatable bonds is 3. The van der Waals surface area contributed by atoms with Crippen molar-refractivity contribution >= 4 is 0 Å². The Morgan fingerprint density at radius 2 is 0.818 bits per heavy atom. The van der Waals surface area contributed by atoms with E-state index in [0.717, 1.165) is 35.5 Å². The second kappa shape index (κ2) is 8.02. The number of hydrogen-bond donors (Lipinski definition) is 0. The van der Waals surface area contributed by atoms with Gasteiger partial charge >= 0.3 is 0 Å². The molecule has 0 heteroatoms. The van der Waals surface area contributed by atoms with Crippen LogP contribution in [0, 0.1) is 35.5 Å². The van der Waals surface area contributed by atoms with Crippen LogP contribution in [0.25, 0.3) is 0 Å². The molecule has 3 rings (SSSR count). The first-order chi connectivity index (χ1) is 10.7. The third-order valence-electron chi connectivity index (χ3n) is 7.26. The Labute approximate surface area is 143 Å². The van der Waals surface area contributed by atoms with Crippen LogP contribution in [0.3, 0.4) is 0 Å². The van der Waals surface area contributed by atoms with Gasteiger partial charge in [0.1, 0.15) is 0 Å². The second-order valence-electron chi connectivity index (χ2n) is 9.10. The lowest BCUT2D eigenvalue weighted by Crippen LogP contribution is -2.24. The molecular weight excluding hydrogens is 264 g/mol. The van der Waals surface area contributed by atoms with Crippen LogP contribution < -0.4 is 0 Å². The predicted octanol–water partition coefficient (Wildman–Crippen LogP) is 7.74. The van der Waals surface area contributed by atoms with Gasteiger partial charge in [-0.3, -0.25) is 0 Å². The highest BCUT2D eigenvalue weighted by Crippen LogP contribution is 2.41. The molecule has 132 valence electrons. The molecule has 0 aromatic carbocycles. The van der Waals surface area contributed by atoms with Gasteiger partial charge in [0.2, 0.25) is 0 Å². The maximum atomic E-state index is 2.62. The van der Waals surface area contributed by atoms with E-state index >= 15 is 0 Å². The van der Waals surface area contributed by atoms with Crippen molar-refractivity contribution in [2.75, 3.05) is 0 Å². The molecule has 0 bridgehead atoms. The van der Waals surface area contributed by atoms with Gasteiger partial charge in [0.05, 0.1) is 0 Å². The van der Waals surface area contributed by atoms with Crippen molar-refractivity contribution in [3.8, 4) is 0 Å². The Kier molecular flexibility index (Phi) is 6.05. The summed E-state index contributed by atoms with van der Waals surface area (Å²) in [6.45, 7) is 4.87. The van der Waals surface area contributed by atoms with Gasteiger partial charge in [-0.15, -0.1) is 0 Å². The van der Waals surface area contributed by atoms with Crippen LogP contribution in [0.15, 0.2) is 12.2 Å². The molecule has 0 aliphatic heterocycles. The monoisotopic (exact) mass is 308 g/mol. The fourth-order valence-corrected chi connectivity index (χ4v) is 5.36. The number of hydrogen-bond acceptors (Lipinski definition) is 0. The van der Waals surface area contributed by atoms with Gasteiger partial charge in [0.15, 0.2) is 0 Å². The summed E-state index contributed by atoms with van der Waals surface area (Å²) in [5.41, 5.74) is 0. The van der Waals surface area contributed by atoms with Crippen LogP contribution in [0.1, 0.15) is 95.2 Å². The maximum absolute atomic E-state index is 2.62. The van der Waals surface area contributed by atoms with Crippen LogP contribution in [0.5, 0.6) is 0 Å². The normalized spacial score (nSPS) is 44.3. The van der Waals surface area contributed by atoms with Gasteiger partial charge in [0.25, 0.3) is 0 Å². The summed E-state index contributed by atoms with van der Waals surface area (Å²) in [6, 6.07) is 0. The van der Waals surface area contributed by atoms with Crippen molar-refractivity contribution in [2.45, 2.75) is 90.9 Å². The molecule has 0 radical (unpaired) electrons. The molecule has 0 atom stereocenters. The third kappa shape index (κ3) is 4.62. The minimum Gasteiger partial charge on any atom is -0.0851 e. The van der Waals surface area contributed by atoms with E-state index in [1.54, 1.807) is 0 Å². The minimum atomic E-state index is 0. The highest BCUT2D eigenvalue weighted by atomic mass is 14.3. The zero-order chi connectivity index (χ0) is 15.4. The van der Waals surface area contributed by atoms with Crippen molar-refractivity contribution in [3.05, 3.63) is 12.2 Å². The average Bonchev–Trinajstić information content (AvgIpc) is 2.56. The average molecular weight is 309 g/mol. The Hall–Kier alpha value is -0.260. The van der Waals surface area contributed by atoms with Gasteiger partial charge in [-0.25, -0.2) is 0 Å². The summed E-state index contributed by atoms with van der Waals surface area (Å²) < 4.78 is 0. The quantitative estimate of drug-likeness (QED) is 0.468. The maximum Gasteiger partial charge on any atom is 0 e. The van der Waals surface area contributed by atoms with Gasteiger partial charge in [-0.05, 0) is 86.9 Å². The molecule has 0 aromatic heterocycles. The van der Waals surface area contributed by atoms with E-state index in [2.05, 4.69) is 26.0 Å². The van der Waals surface area contributed by atoms with Crippen LogP contribution in [-0.2, 0) is 0 Å². The largest absolute Gasteiger partial charge is 0.0851 e. The topological polar surface area (TPSA) is 0 Å². The first-order valence-corrected chi connectivity index (χ1v) is 10.4. The fraction of sp³-hybridized carbons (Fsp3) is 0.909.